The number of rotatable bonds is 7. The molecule has 0 heterocycles. The molecule has 0 fully saturated rings. The summed E-state index contributed by atoms with van der Waals surface area (Å²) < 4.78 is 31.5. The number of methoxy groups -OCH3 is 1. The fourth-order valence-electron chi connectivity index (χ4n) is 2.32. The van der Waals surface area contributed by atoms with E-state index in [1.54, 1.807) is 14.0 Å². The molecule has 0 saturated carbocycles. The van der Waals surface area contributed by atoms with Gasteiger partial charge in [-0.1, -0.05) is 44.2 Å². The number of sulfonamides is 1. The minimum absolute atomic E-state index is 0.00392. The Morgan fingerprint density at radius 1 is 1.15 bits per heavy atom. The van der Waals surface area contributed by atoms with Crippen LogP contribution in [0.4, 0.5) is 0 Å². The van der Waals surface area contributed by atoms with Gasteiger partial charge in [0.2, 0.25) is 10.0 Å². The van der Waals surface area contributed by atoms with E-state index >= 15 is 0 Å². The Bertz CT molecular complexity index is 499. The van der Waals surface area contributed by atoms with E-state index < -0.39 is 10.0 Å². The van der Waals surface area contributed by atoms with Gasteiger partial charge in [-0.2, -0.15) is 4.31 Å². The lowest BCUT2D eigenvalue weighted by Gasteiger charge is -2.31. The number of nitrogens with zero attached hydrogens (tertiary/aromatic N) is 1. The van der Waals surface area contributed by atoms with Crippen molar-refractivity contribution >= 4 is 10.0 Å². The van der Waals surface area contributed by atoms with Crippen molar-refractivity contribution in [2.45, 2.75) is 32.9 Å². The third-order valence-electron chi connectivity index (χ3n) is 3.45. The molecule has 0 aromatic heterocycles. The Hall–Kier alpha value is -0.910. The van der Waals surface area contributed by atoms with Gasteiger partial charge in [0.15, 0.2) is 0 Å². The van der Waals surface area contributed by atoms with Crippen LogP contribution in [0.1, 0.15) is 32.4 Å². The quantitative estimate of drug-likeness (QED) is 0.777. The van der Waals surface area contributed by atoms with Gasteiger partial charge in [0.05, 0.1) is 17.9 Å². The van der Waals surface area contributed by atoms with Crippen molar-refractivity contribution in [3.05, 3.63) is 35.9 Å². The fraction of sp³-hybridized carbons (Fsp3) is 0.600. The third-order valence-corrected chi connectivity index (χ3v) is 5.45. The zero-order valence-electron chi connectivity index (χ0n) is 12.9. The van der Waals surface area contributed by atoms with E-state index in [2.05, 4.69) is 0 Å². The molecule has 0 N–H and O–H groups in total. The number of hydrogen-bond acceptors (Lipinski definition) is 3. The van der Waals surface area contributed by atoms with Gasteiger partial charge in [-0.3, -0.25) is 0 Å². The molecule has 20 heavy (non-hydrogen) atoms. The molecule has 0 spiro atoms. The Morgan fingerprint density at radius 2 is 1.70 bits per heavy atom. The lowest BCUT2D eigenvalue weighted by atomic mass is 9.96. The van der Waals surface area contributed by atoms with Crippen molar-refractivity contribution in [2.24, 2.45) is 5.92 Å². The molecule has 1 rings (SSSR count). The molecule has 5 heteroatoms. The number of hydrogen-bond donors (Lipinski definition) is 0. The molecule has 0 bridgehead atoms. The molecular formula is C15H25NO3S. The Labute approximate surface area is 122 Å². The van der Waals surface area contributed by atoms with Crippen LogP contribution in [0.25, 0.3) is 0 Å². The monoisotopic (exact) mass is 299 g/mol. The van der Waals surface area contributed by atoms with Crippen LogP contribution in [0.15, 0.2) is 30.3 Å². The maximum atomic E-state index is 12.5. The van der Waals surface area contributed by atoms with Crippen molar-refractivity contribution in [1.82, 2.24) is 4.31 Å². The molecule has 1 aromatic carbocycles. The largest absolute Gasteiger partial charge is 0.381 e. The average molecular weight is 299 g/mol. The predicted octanol–water partition coefficient (Wildman–Crippen LogP) is 2.68. The first kappa shape index (κ1) is 17.1. The molecule has 0 aliphatic rings. The molecule has 0 saturated heterocycles. The zero-order valence-corrected chi connectivity index (χ0v) is 13.7. The standard InChI is InChI=1S/C15H25NO3S/c1-12(2)15(14-9-7-6-8-10-14)16(4)20(17,18)11-13(3)19-5/h6-10,12-13,15H,11H2,1-5H3. The summed E-state index contributed by atoms with van der Waals surface area (Å²) in [5.41, 5.74) is 1.01. The average Bonchev–Trinajstić information content (AvgIpc) is 2.39. The van der Waals surface area contributed by atoms with Crippen LogP contribution < -0.4 is 0 Å². The Kier molecular flexibility index (Phi) is 6.17. The van der Waals surface area contributed by atoms with Crippen molar-refractivity contribution in [1.29, 1.82) is 0 Å². The van der Waals surface area contributed by atoms with Gasteiger partial charge in [0.1, 0.15) is 0 Å². The zero-order chi connectivity index (χ0) is 15.3. The van der Waals surface area contributed by atoms with E-state index in [-0.39, 0.29) is 23.8 Å². The minimum Gasteiger partial charge on any atom is -0.381 e. The van der Waals surface area contributed by atoms with Gasteiger partial charge in [0, 0.05) is 14.2 Å². The first-order valence-corrected chi connectivity index (χ1v) is 8.44. The highest BCUT2D eigenvalue weighted by molar-refractivity contribution is 7.89. The molecule has 1 aromatic rings. The van der Waals surface area contributed by atoms with Crippen LogP contribution >= 0.6 is 0 Å². The molecule has 2 atom stereocenters. The molecule has 2 unspecified atom stereocenters. The molecule has 4 nitrogen and oxygen atoms in total. The lowest BCUT2D eigenvalue weighted by Crippen LogP contribution is -2.38. The summed E-state index contributed by atoms with van der Waals surface area (Å²) in [5, 5.41) is 0. The second-order valence-electron chi connectivity index (χ2n) is 5.44. The van der Waals surface area contributed by atoms with Crippen molar-refractivity contribution in [3.63, 3.8) is 0 Å². The van der Waals surface area contributed by atoms with E-state index in [0.717, 1.165) is 5.56 Å². The Morgan fingerprint density at radius 3 is 2.15 bits per heavy atom. The van der Waals surface area contributed by atoms with Crippen LogP contribution in [0.2, 0.25) is 0 Å². The van der Waals surface area contributed by atoms with E-state index in [4.69, 9.17) is 4.74 Å². The van der Waals surface area contributed by atoms with Gasteiger partial charge >= 0.3 is 0 Å². The normalized spacial score (nSPS) is 15.6. The summed E-state index contributed by atoms with van der Waals surface area (Å²) in [6.45, 7) is 5.82. The second-order valence-corrected chi connectivity index (χ2v) is 7.51. The highest BCUT2D eigenvalue weighted by Crippen LogP contribution is 2.29. The van der Waals surface area contributed by atoms with Crippen LogP contribution in [-0.2, 0) is 14.8 Å². The summed E-state index contributed by atoms with van der Waals surface area (Å²) in [6.07, 6.45) is -0.314. The van der Waals surface area contributed by atoms with E-state index in [1.807, 2.05) is 44.2 Å². The maximum Gasteiger partial charge on any atom is 0.216 e. The van der Waals surface area contributed by atoms with E-state index in [9.17, 15) is 8.42 Å². The summed E-state index contributed by atoms with van der Waals surface area (Å²) in [5.74, 6) is 0.186. The van der Waals surface area contributed by atoms with Crippen molar-refractivity contribution in [3.8, 4) is 0 Å². The predicted molar refractivity (Wildman–Crippen MR) is 82.0 cm³/mol. The third kappa shape index (κ3) is 4.30. The van der Waals surface area contributed by atoms with Crippen LogP contribution in [0.5, 0.6) is 0 Å². The number of benzene rings is 1. The van der Waals surface area contributed by atoms with Gasteiger partial charge in [-0.05, 0) is 18.4 Å². The van der Waals surface area contributed by atoms with Crippen molar-refractivity contribution in [2.75, 3.05) is 19.9 Å². The van der Waals surface area contributed by atoms with Gasteiger partial charge in [0.25, 0.3) is 0 Å². The summed E-state index contributed by atoms with van der Waals surface area (Å²) in [4.78, 5) is 0. The van der Waals surface area contributed by atoms with Crippen LogP contribution in [0.3, 0.4) is 0 Å². The fourth-order valence-corrected chi connectivity index (χ4v) is 4.00. The maximum absolute atomic E-state index is 12.5. The SMILES string of the molecule is COC(C)CS(=O)(=O)N(C)C(c1ccccc1)C(C)C. The van der Waals surface area contributed by atoms with Gasteiger partial charge < -0.3 is 4.74 Å². The topological polar surface area (TPSA) is 46.6 Å². The lowest BCUT2D eigenvalue weighted by molar-refractivity contribution is 0.134. The summed E-state index contributed by atoms with van der Waals surface area (Å²) >= 11 is 0. The first-order valence-electron chi connectivity index (χ1n) is 6.83. The minimum atomic E-state index is -3.36. The highest BCUT2D eigenvalue weighted by atomic mass is 32.2. The van der Waals surface area contributed by atoms with E-state index in [0.29, 0.717) is 0 Å². The van der Waals surface area contributed by atoms with Crippen molar-refractivity contribution < 1.29 is 13.2 Å². The molecule has 0 aliphatic heterocycles. The van der Waals surface area contributed by atoms with Gasteiger partial charge in [-0.25, -0.2) is 8.42 Å². The summed E-state index contributed by atoms with van der Waals surface area (Å²) in [6, 6.07) is 9.58. The summed E-state index contributed by atoms with van der Waals surface area (Å²) in [7, 11) is -0.182. The van der Waals surface area contributed by atoms with Crippen LogP contribution in [-0.4, -0.2) is 38.7 Å². The highest BCUT2D eigenvalue weighted by Gasteiger charge is 2.30. The Balaban J connectivity index is 3.04. The second kappa shape index (κ2) is 7.20. The molecule has 0 radical (unpaired) electrons. The molecular weight excluding hydrogens is 274 g/mol. The first-order chi connectivity index (χ1) is 9.29. The number of ether oxygens (including phenoxy) is 1. The van der Waals surface area contributed by atoms with Gasteiger partial charge in [-0.15, -0.1) is 0 Å². The molecule has 0 amide bonds. The van der Waals surface area contributed by atoms with Crippen LogP contribution in [0, 0.1) is 5.92 Å². The molecule has 114 valence electrons. The molecule has 0 aliphatic carbocycles. The van der Waals surface area contributed by atoms with E-state index in [1.165, 1.54) is 11.4 Å². The smallest absolute Gasteiger partial charge is 0.216 e.